The lowest BCUT2D eigenvalue weighted by Crippen LogP contribution is -2.33. The van der Waals surface area contributed by atoms with Crippen LogP contribution in [-0.4, -0.2) is 59.8 Å². The van der Waals surface area contributed by atoms with Crippen LogP contribution < -0.4 is 10.0 Å². The summed E-state index contributed by atoms with van der Waals surface area (Å²) in [5, 5.41) is 22.0. The Morgan fingerprint density at radius 1 is 0.974 bits per heavy atom. The van der Waals surface area contributed by atoms with E-state index >= 15 is 0 Å². The molecule has 1 fully saturated rings. The zero-order valence-corrected chi connectivity index (χ0v) is 22.6. The summed E-state index contributed by atoms with van der Waals surface area (Å²) in [6.45, 7) is 5.15. The molecular formula is C27H29ClN6O3S. The van der Waals surface area contributed by atoms with Crippen molar-refractivity contribution < 1.29 is 13.5 Å². The van der Waals surface area contributed by atoms with Gasteiger partial charge in [-0.3, -0.25) is 0 Å². The number of aryl methyl sites for hydroxylation is 1. The molecule has 9 nitrogen and oxygen atoms in total. The Labute approximate surface area is 226 Å². The molecule has 1 saturated heterocycles. The van der Waals surface area contributed by atoms with Crippen molar-refractivity contribution in [2.75, 3.05) is 31.5 Å². The third-order valence-electron chi connectivity index (χ3n) is 6.66. The van der Waals surface area contributed by atoms with Crippen LogP contribution in [0.3, 0.4) is 0 Å². The molecule has 38 heavy (non-hydrogen) atoms. The molecule has 198 valence electrons. The van der Waals surface area contributed by atoms with E-state index in [0.717, 1.165) is 36.3 Å². The highest BCUT2D eigenvalue weighted by molar-refractivity contribution is 7.89. The number of hydrogen-bond acceptors (Lipinski definition) is 8. The number of halogens is 1. The van der Waals surface area contributed by atoms with Crippen LogP contribution in [0.15, 0.2) is 59.5 Å². The summed E-state index contributed by atoms with van der Waals surface area (Å²) < 4.78 is 27.9. The summed E-state index contributed by atoms with van der Waals surface area (Å²) in [4.78, 5) is 7.04. The van der Waals surface area contributed by atoms with Gasteiger partial charge in [0.1, 0.15) is 11.3 Å². The van der Waals surface area contributed by atoms with Crippen LogP contribution in [-0.2, 0) is 16.4 Å². The van der Waals surface area contributed by atoms with Crippen LogP contribution in [0.5, 0.6) is 5.75 Å². The highest BCUT2D eigenvalue weighted by Crippen LogP contribution is 2.27. The number of phenolic OH excluding ortho intramolecular Hbond substituents is 1. The minimum atomic E-state index is -3.58. The number of sulfonamides is 1. The molecule has 0 atom stereocenters. The molecule has 0 unspecified atom stereocenters. The fourth-order valence-electron chi connectivity index (χ4n) is 4.55. The minimum Gasteiger partial charge on any atom is -0.508 e. The first-order valence-electron chi connectivity index (χ1n) is 12.5. The summed E-state index contributed by atoms with van der Waals surface area (Å²) in [6, 6.07) is 15.2. The molecule has 1 aromatic heterocycles. The highest BCUT2D eigenvalue weighted by Gasteiger charge is 2.16. The number of fused-ring (bicyclic) bond motifs is 1. The lowest BCUT2D eigenvalue weighted by atomic mass is 9.99. The van der Waals surface area contributed by atoms with Crippen molar-refractivity contribution in [2.45, 2.75) is 31.1 Å². The number of anilines is 2. The smallest absolute Gasteiger partial charge is 0.247 e. The Balaban J connectivity index is 1.26. The average Bonchev–Trinajstić information content (AvgIpc) is 3.40. The van der Waals surface area contributed by atoms with Crippen LogP contribution in [0, 0.1) is 6.92 Å². The summed E-state index contributed by atoms with van der Waals surface area (Å²) in [5.41, 5.74) is 4.79. The second kappa shape index (κ2) is 11.2. The first kappa shape index (κ1) is 26.3. The van der Waals surface area contributed by atoms with Gasteiger partial charge < -0.3 is 15.3 Å². The minimum absolute atomic E-state index is 0.166. The van der Waals surface area contributed by atoms with E-state index in [4.69, 9.17) is 11.6 Å². The Bertz CT molecular complexity index is 1560. The van der Waals surface area contributed by atoms with Crippen LogP contribution in [0.1, 0.15) is 29.5 Å². The molecule has 5 rings (SSSR count). The van der Waals surface area contributed by atoms with Crippen molar-refractivity contribution in [3.05, 3.63) is 76.3 Å². The molecule has 0 amide bonds. The fourth-order valence-corrected chi connectivity index (χ4v) is 5.76. The van der Waals surface area contributed by atoms with Gasteiger partial charge in [-0.15, -0.1) is 10.2 Å². The summed E-state index contributed by atoms with van der Waals surface area (Å²) >= 11 is 6.30. The molecular weight excluding hydrogens is 524 g/mol. The topological polar surface area (TPSA) is 120 Å². The predicted octanol–water partition coefficient (Wildman–Crippen LogP) is 4.40. The van der Waals surface area contributed by atoms with Crippen molar-refractivity contribution in [1.82, 2.24) is 24.8 Å². The van der Waals surface area contributed by atoms with E-state index in [0.29, 0.717) is 40.7 Å². The van der Waals surface area contributed by atoms with Gasteiger partial charge >= 0.3 is 0 Å². The lowest BCUT2D eigenvalue weighted by molar-refractivity contribution is 0.344. The highest BCUT2D eigenvalue weighted by atomic mass is 35.5. The van der Waals surface area contributed by atoms with E-state index in [1.54, 1.807) is 42.5 Å². The van der Waals surface area contributed by atoms with Crippen molar-refractivity contribution >= 4 is 44.3 Å². The second-order valence-electron chi connectivity index (χ2n) is 9.45. The molecule has 0 radical (unpaired) electrons. The molecule has 0 aliphatic carbocycles. The number of phenols is 1. The first-order chi connectivity index (χ1) is 18.3. The van der Waals surface area contributed by atoms with Crippen LogP contribution in [0.4, 0.5) is 11.6 Å². The van der Waals surface area contributed by atoms with Crippen molar-refractivity contribution in [2.24, 2.45) is 0 Å². The normalized spacial score (nSPS) is 14.3. The number of aromatic nitrogens is 3. The molecule has 11 heteroatoms. The van der Waals surface area contributed by atoms with Crippen molar-refractivity contribution in [3.8, 4) is 5.75 Å². The number of aromatic hydroxyl groups is 1. The molecule has 0 saturated carbocycles. The summed E-state index contributed by atoms with van der Waals surface area (Å²) in [5.74, 6) is 0.472. The van der Waals surface area contributed by atoms with E-state index < -0.39 is 10.0 Å². The Morgan fingerprint density at radius 3 is 2.50 bits per heavy atom. The largest absolute Gasteiger partial charge is 0.508 e. The maximum atomic E-state index is 12.6. The predicted molar refractivity (Wildman–Crippen MR) is 149 cm³/mol. The molecule has 1 aliphatic rings. The van der Waals surface area contributed by atoms with Crippen LogP contribution in [0.2, 0.25) is 5.02 Å². The van der Waals surface area contributed by atoms with Gasteiger partial charge in [-0.05, 0) is 111 Å². The number of rotatable bonds is 9. The van der Waals surface area contributed by atoms with Gasteiger partial charge in [0.2, 0.25) is 16.0 Å². The number of likely N-dealkylation sites (tertiary alicyclic amines) is 1. The zero-order valence-electron chi connectivity index (χ0n) is 21.0. The van der Waals surface area contributed by atoms with E-state index in [1.807, 2.05) is 19.1 Å². The summed E-state index contributed by atoms with van der Waals surface area (Å²) in [7, 11) is -3.58. The van der Waals surface area contributed by atoms with Crippen LogP contribution >= 0.6 is 11.6 Å². The molecule has 0 spiro atoms. The number of benzene rings is 3. The van der Waals surface area contributed by atoms with Gasteiger partial charge in [-0.1, -0.05) is 11.6 Å². The lowest BCUT2D eigenvalue weighted by Gasteiger charge is -2.15. The number of nitrogens with one attached hydrogen (secondary N) is 2. The van der Waals surface area contributed by atoms with E-state index in [9.17, 15) is 13.5 Å². The molecule has 4 aromatic rings. The average molecular weight is 553 g/mol. The maximum absolute atomic E-state index is 12.6. The van der Waals surface area contributed by atoms with Crippen LogP contribution in [0.25, 0.3) is 11.0 Å². The van der Waals surface area contributed by atoms with E-state index in [1.165, 1.54) is 12.8 Å². The molecule has 0 bridgehead atoms. The van der Waals surface area contributed by atoms with E-state index in [2.05, 4.69) is 30.1 Å². The Morgan fingerprint density at radius 2 is 1.74 bits per heavy atom. The SMILES string of the molecule is Cc1cc2nc(Nc3ccc(S(=O)(=O)NCCN4CCCC4)cc3)nnc2cc1Cc1cc(O)ccc1Cl. The van der Waals surface area contributed by atoms with Crippen molar-refractivity contribution in [1.29, 1.82) is 0 Å². The fraction of sp³-hybridized carbons (Fsp3) is 0.296. The zero-order chi connectivity index (χ0) is 26.7. The standard InChI is InChI=1S/C27H29ClN6O3S/c1-18-14-25-26(17-19(18)15-20-16-22(35)6-9-24(20)28)32-33-27(31-25)30-21-4-7-23(8-5-21)38(36,37)29-10-13-34-11-2-3-12-34/h4-9,14,16-17,29,35H,2-3,10-13,15H2,1H3,(H,30,31,33). The van der Waals surface area contributed by atoms with Gasteiger partial charge in [0, 0.05) is 23.8 Å². The Hall–Kier alpha value is -3.31. The van der Waals surface area contributed by atoms with Gasteiger partial charge in [-0.25, -0.2) is 18.1 Å². The maximum Gasteiger partial charge on any atom is 0.247 e. The monoisotopic (exact) mass is 552 g/mol. The van der Waals surface area contributed by atoms with Gasteiger partial charge in [0.05, 0.1) is 10.4 Å². The second-order valence-corrected chi connectivity index (χ2v) is 11.6. The Kier molecular flexibility index (Phi) is 7.75. The third kappa shape index (κ3) is 6.21. The number of nitrogens with zero attached hydrogens (tertiary/aromatic N) is 4. The molecule has 3 aromatic carbocycles. The number of hydrogen-bond donors (Lipinski definition) is 3. The van der Waals surface area contributed by atoms with Crippen molar-refractivity contribution in [3.63, 3.8) is 0 Å². The van der Waals surface area contributed by atoms with Gasteiger partial charge in [0.15, 0.2) is 0 Å². The first-order valence-corrected chi connectivity index (χ1v) is 14.3. The quantitative estimate of drug-likeness (QED) is 0.279. The third-order valence-corrected chi connectivity index (χ3v) is 8.51. The van der Waals surface area contributed by atoms with Gasteiger partial charge in [-0.2, -0.15) is 0 Å². The molecule has 3 N–H and O–H groups in total. The summed E-state index contributed by atoms with van der Waals surface area (Å²) in [6.07, 6.45) is 2.89. The van der Waals surface area contributed by atoms with Gasteiger partial charge in [0.25, 0.3) is 0 Å². The molecule has 2 heterocycles. The van der Waals surface area contributed by atoms with E-state index in [-0.39, 0.29) is 10.6 Å². The molecule has 1 aliphatic heterocycles.